The number of hydrogen-bond acceptors (Lipinski definition) is 4. The van der Waals surface area contributed by atoms with E-state index in [0.717, 1.165) is 23.7 Å². The maximum Gasteiger partial charge on any atom is 0.221 e. The molecule has 3 aliphatic heterocycles. The third-order valence-electron chi connectivity index (χ3n) is 4.58. The first-order valence-corrected chi connectivity index (χ1v) is 8.70. The first-order chi connectivity index (χ1) is 11.6. The minimum Gasteiger partial charge on any atom is -0.357 e. The van der Waals surface area contributed by atoms with Crippen LogP contribution in [0, 0.1) is 5.92 Å². The van der Waals surface area contributed by atoms with Gasteiger partial charge in [0, 0.05) is 25.2 Å². The van der Waals surface area contributed by atoms with Crippen LogP contribution in [0.3, 0.4) is 0 Å². The van der Waals surface area contributed by atoms with Gasteiger partial charge in [-0.15, -0.1) is 0 Å². The van der Waals surface area contributed by atoms with Crippen LogP contribution in [-0.2, 0) is 4.79 Å². The number of thiocarbonyl (C=S) groups is 1. The third kappa shape index (κ3) is 4.52. The van der Waals surface area contributed by atoms with E-state index in [2.05, 4.69) is 26.1 Å². The smallest absolute Gasteiger partial charge is 0.221 e. The molecule has 0 saturated carbocycles. The van der Waals surface area contributed by atoms with Crippen molar-refractivity contribution in [3.8, 4) is 0 Å². The Kier molecular flexibility index (Phi) is 5.42. The second kappa shape index (κ2) is 7.72. The predicted molar refractivity (Wildman–Crippen MR) is 100 cm³/mol. The summed E-state index contributed by atoms with van der Waals surface area (Å²) in [6, 6.07) is 7.89. The molecule has 24 heavy (non-hydrogen) atoms. The number of amides is 1. The Hall–Kier alpha value is -1.99. The largest absolute Gasteiger partial charge is 0.357 e. The molecule has 0 unspecified atom stereocenters. The minimum atomic E-state index is -0.0813. The second-order valence-electron chi connectivity index (χ2n) is 6.39. The van der Waals surface area contributed by atoms with Crippen LogP contribution in [0.1, 0.15) is 25.3 Å². The van der Waals surface area contributed by atoms with Crippen molar-refractivity contribution in [3.05, 3.63) is 29.8 Å². The van der Waals surface area contributed by atoms with Gasteiger partial charge in [-0.2, -0.15) is 5.10 Å². The molecule has 0 radical (unpaired) electrons. The first kappa shape index (κ1) is 16.9. The van der Waals surface area contributed by atoms with Gasteiger partial charge >= 0.3 is 0 Å². The third-order valence-corrected chi connectivity index (χ3v) is 4.79. The summed E-state index contributed by atoms with van der Waals surface area (Å²) in [6.45, 7) is 4.99. The van der Waals surface area contributed by atoms with E-state index >= 15 is 0 Å². The van der Waals surface area contributed by atoms with Gasteiger partial charge in [0.25, 0.3) is 0 Å². The fourth-order valence-corrected chi connectivity index (χ4v) is 3.55. The Morgan fingerprint density at radius 1 is 1.29 bits per heavy atom. The van der Waals surface area contributed by atoms with Gasteiger partial charge in [-0.3, -0.25) is 10.2 Å². The summed E-state index contributed by atoms with van der Waals surface area (Å²) < 4.78 is 0. The number of nitrogens with zero attached hydrogens (tertiary/aromatic N) is 2. The fourth-order valence-electron chi connectivity index (χ4n) is 3.35. The topological polar surface area (TPSA) is 68.8 Å². The molecular formula is C17H23N5OS. The molecule has 1 aromatic carbocycles. The molecule has 1 atom stereocenters. The number of nitrogens with one attached hydrogen (secondary N) is 3. The summed E-state index contributed by atoms with van der Waals surface area (Å²) in [5.41, 5.74) is 4.59. The Balaban J connectivity index is 1.45. The zero-order valence-corrected chi connectivity index (χ0v) is 14.6. The minimum absolute atomic E-state index is 0.0813. The van der Waals surface area contributed by atoms with Crippen molar-refractivity contribution in [3.63, 3.8) is 0 Å². The molecule has 3 aliphatic rings. The van der Waals surface area contributed by atoms with Crippen LogP contribution in [0.25, 0.3) is 0 Å². The molecule has 4 rings (SSSR count). The Bertz CT molecular complexity index is 622. The quantitative estimate of drug-likeness (QED) is 0.439. The van der Waals surface area contributed by atoms with E-state index in [0.29, 0.717) is 11.2 Å². The highest BCUT2D eigenvalue weighted by Crippen LogP contribution is 2.27. The van der Waals surface area contributed by atoms with E-state index < -0.39 is 0 Å². The maximum absolute atomic E-state index is 11.0. The summed E-state index contributed by atoms with van der Waals surface area (Å²) in [6.07, 6.45) is 4.22. The zero-order chi connectivity index (χ0) is 16.9. The standard InChI is InChI=1S/C17H23N5OS/c1-12(23)19-15-4-2-13(3-5-15)10-18-21-17(24)20-16-11-22-8-6-14(16)7-9-22/h2-5,10,14,16H,6-9,11H2,1H3,(H,19,23)(H2,20,21,24)/b18-10+/t16-/m0/s1. The molecule has 0 spiro atoms. The van der Waals surface area contributed by atoms with Crippen molar-refractivity contribution < 1.29 is 4.79 Å². The first-order valence-electron chi connectivity index (χ1n) is 8.30. The van der Waals surface area contributed by atoms with Crippen LogP contribution in [0.5, 0.6) is 0 Å². The van der Waals surface area contributed by atoms with Crippen molar-refractivity contribution in [1.29, 1.82) is 0 Å². The van der Waals surface area contributed by atoms with E-state index in [1.54, 1.807) is 6.21 Å². The van der Waals surface area contributed by atoms with Gasteiger partial charge in [0.05, 0.1) is 6.21 Å². The van der Waals surface area contributed by atoms with Crippen molar-refractivity contribution in [1.82, 2.24) is 15.6 Å². The van der Waals surface area contributed by atoms with Crippen molar-refractivity contribution in [2.45, 2.75) is 25.8 Å². The van der Waals surface area contributed by atoms with Crippen LogP contribution in [0.4, 0.5) is 5.69 Å². The molecule has 128 valence electrons. The van der Waals surface area contributed by atoms with E-state index in [-0.39, 0.29) is 5.91 Å². The molecule has 2 bridgehead atoms. The molecule has 1 aromatic rings. The Morgan fingerprint density at radius 3 is 2.58 bits per heavy atom. The van der Waals surface area contributed by atoms with Crippen molar-refractivity contribution >= 4 is 35.1 Å². The zero-order valence-electron chi connectivity index (χ0n) is 13.8. The van der Waals surface area contributed by atoms with Gasteiger partial charge in [-0.1, -0.05) is 12.1 Å². The molecule has 1 amide bonds. The van der Waals surface area contributed by atoms with Gasteiger partial charge in [0.15, 0.2) is 5.11 Å². The Labute approximate surface area is 147 Å². The molecule has 3 heterocycles. The number of anilines is 1. The number of rotatable bonds is 4. The summed E-state index contributed by atoms with van der Waals surface area (Å²) in [7, 11) is 0. The molecular weight excluding hydrogens is 322 g/mol. The summed E-state index contributed by atoms with van der Waals surface area (Å²) in [5.74, 6) is 0.641. The highest BCUT2D eigenvalue weighted by molar-refractivity contribution is 7.80. The summed E-state index contributed by atoms with van der Waals surface area (Å²) in [4.78, 5) is 13.5. The predicted octanol–water partition coefficient (Wildman–Crippen LogP) is 1.54. The van der Waals surface area contributed by atoms with Crippen molar-refractivity contribution in [2.24, 2.45) is 11.0 Å². The highest BCUT2D eigenvalue weighted by atomic mass is 32.1. The molecule has 3 fully saturated rings. The molecule has 3 N–H and O–H groups in total. The molecule has 6 nitrogen and oxygen atoms in total. The number of benzene rings is 1. The number of piperidine rings is 3. The summed E-state index contributed by atoms with van der Waals surface area (Å²) >= 11 is 5.33. The van der Waals surface area contributed by atoms with Gasteiger partial charge in [-0.05, 0) is 61.8 Å². The molecule has 0 aromatic heterocycles. The van der Waals surface area contributed by atoms with Crippen LogP contribution < -0.4 is 16.1 Å². The average molecular weight is 345 g/mol. The SMILES string of the molecule is CC(=O)Nc1ccc(/C=N/NC(=S)N[C@H]2CN3CCC2CC3)cc1. The lowest BCUT2D eigenvalue weighted by atomic mass is 9.84. The molecule has 3 saturated heterocycles. The van der Waals surface area contributed by atoms with E-state index in [1.807, 2.05) is 24.3 Å². The van der Waals surface area contributed by atoms with Gasteiger partial charge < -0.3 is 15.5 Å². The molecule has 7 heteroatoms. The Morgan fingerprint density at radius 2 is 2.00 bits per heavy atom. The molecule has 0 aliphatic carbocycles. The number of carbonyl (C=O) groups is 1. The number of hydrazone groups is 1. The normalized spacial score (nSPS) is 25.5. The van der Waals surface area contributed by atoms with Crippen LogP contribution in [0.2, 0.25) is 0 Å². The summed E-state index contributed by atoms with van der Waals surface area (Å²) in [5, 5.41) is 10.9. The number of fused-ring (bicyclic) bond motifs is 3. The number of hydrogen-bond donors (Lipinski definition) is 3. The van der Waals surface area contributed by atoms with Crippen LogP contribution >= 0.6 is 12.2 Å². The lowest BCUT2D eigenvalue weighted by Gasteiger charge is -2.45. The van der Waals surface area contributed by atoms with E-state index in [1.165, 1.54) is 32.9 Å². The average Bonchev–Trinajstić information content (AvgIpc) is 2.57. The van der Waals surface area contributed by atoms with E-state index in [9.17, 15) is 4.79 Å². The highest BCUT2D eigenvalue weighted by Gasteiger charge is 2.34. The lowest BCUT2D eigenvalue weighted by molar-refractivity contribution is -0.114. The number of carbonyl (C=O) groups excluding carboxylic acids is 1. The van der Waals surface area contributed by atoms with Crippen LogP contribution in [-0.4, -0.2) is 47.8 Å². The van der Waals surface area contributed by atoms with E-state index in [4.69, 9.17) is 12.2 Å². The fraction of sp³-hybridized carbons (Fsp3) is 0.471. The van der Waals surface area contributed by atoms with Gasteiger partial charge in [-0.25, -0.2) is 0 Å². The second-order valence-corrected chi connectivity index (χ2v) is 6.80. The monoisotopic (exact) mass is 345 g/mol. The maximum atomic E-state index is 11.0. The van der Waals surface area contributed by atoms with Gasteiger partial charge in [0.2, 0.25) is 5.91 Å². The van der Waals surface area contributed by atoms with Gasteiger partial charge in [0.1, 0.15) is 0 Å². The van der Waals surface area contributed by atoms with Crippen molar-refractivity contribution in [2.75, 3.05) is 25.0 Å². The van der Waals surface area contributed by atoms with Crippen LogP contribution in [0.15, 0.2) is 29.4 Å². The lowest BCUT2D eigenvalue weighted by Crippen LogP contribution is -2.58.